The van der Waals surface area contributed by atoms with Gasteiger partial charge in [-0.3, -0.25) is 0 Å². The van der Waals surface area contributed by atoms with E-state index in [2.05, 4.69) is 17.6 Å². The highest BCUT2D eigenvalue weighted by Crippen LogP contribution is 2.12. The van der Waals surface area contributed by atoms with Crippen LogP contribution in [0, 0.1) is 0 Å². The molecule has 2 rings (SSSR count). The Morgan fingerprint density at radius 2 is 2.00 bits per heavy atom. The van der Waals surface area contributed by atoms with E-state index in [0.717, 1.165) is 30.4 Å². The van der Waals surface area contributed by atoms with E-state index in [9.17, 15) is 13.0 Å². The molecule has 1 aromatic carbocycles. The van der Waals surface area contributed by atoms with Crippen LogP contribution in [0.5, 0.6) is 0 Å². The van der Waals surface area contributed by atoms with E-state index in [4.69, 9.17) is 0 Å². The van der Waals surface area contributed by atoms with Gasteiger partial charge in [0.1, 0.15) is 0 Å². The lowest BCUT2D eigenvalue weighted by Crippen LogP contribution is -2.33. The predicted octanol–water partition coefficient (Wildman–Crippen LogP) is 1.66. The van der Waals surface area contributed by atoms with E-state index in [-0.39, 0.29) is 5.75 Å². The lowest BCUT2D eigenvalue weighted by molar-refractivity contribution is -0.672. The van der Waals surface area contributed by atoms with Crippen LogP contribution in [0.1, 0.15) is 26.2 Å². The Morgan fingerprint density at radius 1 is 1.25 bits per heavy atom. The Morgan fingerprint density at radius 3 is 2.70 bits per heavy atom. The van der Waals surface area contributed by atoms with E-state index < -0.39 is 10.1 Å². The summed E-state index contributed by atoms with van der Waals surface area (Å²) in [6.07, 6.45) is 4.59. The molecule has 1 heterocycles. The Balaban J connectivity index is 2.20. The maximum Gasteiger partial charge on any atom is 0.244 e. The van der Waals surface area contributed by atoms with Gasteiger partial charge in [0.15, 0.2) is 11.0 Å². The molecule has 2 aromatic rings. The molecule has 0 amide bonds. The summed E-state index contributed by atoms with van der Waals surface area (Å²) in [5.74, 6) is -0.311. The quantitative estimate of drug-likeness (QED) is 0.576. The summed E-state index contributed by atoms with van der Waals surface area (Å²) >= 11 is 0. The van der Waals surface area contributed by atoms with Crippen LogP contribution in [-0.2, 0) is 23.2 Å². The molecule has 0 radical (unpaired) electrons. The van der Waals surface area contributed by atoms with Gasteiger partial charge >= 0.3 is 0 Å². The van der Waals surface area contributed by atoms with Gasteiger partial charge in [0, 0.05) is 5.75 Å². The zero-order valence-corrected chi connectivity index (χ0v) is 12.5. The second-order valence-electron chi connectivity index (χ2n) is 4.96. The average Bonchev–Trinajstić information content (AvgIpc) is 2.74. The van der Waals surface area contributed by atoms with Crippen LogP contribution in [0.4, 0.5) is 0 Å². The number of hydrogen-bond donors (Lipinski definition) is 0. The molecule has 0 saturated carbocycles. The van der Waals surface area contributed by atoms with Crippen LogP contribution in [0.3, 0.4) is 0 Å². The first-order valence-corrected chi connectivity index (χ1v) is 8.50. The van der Waals surface area contributed by atoms with Crippen molar-refractivity contribution in [2.24, 2.45) is 0 Å². The largest absolute Gasteiger partial charge is 0.748 e. The number of unbranched alkanes of at least 4 members (excludes halogenated alkanes) is 1. The van der Waals surface area contributed by atoms with Gasteiger partial charge in [0.05, 0.1) is 23.2 Å². The first-order valence-electron chi connectivity index (χ1n) is 6.92. The average molecular weight is 296 g/mol. The topological polar surface area (TPSA) is 66.0 Å². The molecule has 5 nitrogen and oxygen atoms in total. The maximum atomic E-state index is 10.7. The number of hydrogen-bond acceptors (Lipinski definition) is 3. The number of benzene rings is 1. The maximum absolute atomic E-state index is 10.7. The molecule has 0 aliphatic heterocycles. The third kappa shape index (κ3) is 3.80. The first-order chi connectivity index (χ1) is 9.51. The van der Waals surface area contributed by atoms with E-state index in [1.807, 2.05) is 29.1 Å². The molecule has 1 aromatic heterocycles. The van der Waals surface area contributed by atoms with Crippen molar-refractivity contribution in [3.05, 3.63) is 30.6 Å². The Kier molecular flexibility index (Phi) is 4.77. The molecule has 0 aliphatic carbocycles. The zero-order chi connectivity index (χ0) is 14.6. The lowest BCUT2D eigenvalue weighted by atomic mass is 10.3. The molecular weight excluding hydrogens is 276 g/mol. The molecule has 6 heteroatoms. The van der Waals surface area contributed by atoms with Gasteiger partial charge in [-0.2, -0.15) is 0 Å². The van der Waals surface area contributed by atoms with Crippen molar-refractivity contribution < 1.29 is 17.5 Å². The van der Waals surface area contributed by atoms with Crippen molar-refractivity contribution in [2.45, 2.75) is 39.3 Å². The van der Waals surface area contributed by atoms with E-state index in [1.54, 1.807) is 0 Å². The Labute approximate surface area is 119 Å². The van der Waals surface area contributed by atoms with Crippen molar-refractivity contribution in [3.63, 3.8) is 0 Å². The highest BCUT2D eigenvalue weighted by molar-refractivity contribution is 7.85. The molecule has 0 fully saturated rings. The summed E-state index contributed by atoms with van der Waals surface area (Å²) in [6.45, 7) is 3.64. The monoisotopic (exact) mass is 296 g/mol. The van der Waals surface area contributed by atoms with Crippen molar-refractivity contribution in [3.8, 4) is 0 Å². The molecule has 110 valence electrons. The number of para-hydroxylation sites is 2. The minimum absolute atomic E-state index is 0.311. The van der Waals surface area contributed by atoms with Crippen LogP contribution in [0.2, 0.25) is 0 Å². The fraction of sp³-hybridized carbons (Fsp3) is 0.500. The fourth-order valence-corrected chi connectivity index (χ4v) is 2.82. The second kappa shape index (κ2) is 6.37. The molecular formula is C14H20N2O3S. The number of imidazole rings is 1. The molecule has 0 saturated heterocycles. The minimum atomic E-state index is -4.13. The summed E-state index contributed by atoms with van der Waals surface area (Å²) < 4.78 is 36.2. The molecule has 0 aliphatic rings. The van der Waals surface area contributed by atoms with Crippen molar-refractivity contribution in [1.29, 1.82) is 0 Å². The standard InChI is InChI=1S/C14H20N2O3S/c1-2-3-9-15-12-16(10-6-11-20(17,18)19)14-8-5-4-7-13(14)15/h4-5,7-8,12H,2-3,6,9-11H2,1H3. The van der Waals surface area contributed by atoms with Gasteiger partial charge in [-0.05, 0) is 25.0 Å². The van der Waals surface area contributed by atoms with Gasteiger partial charge in [-0.1, -0.05) is 25.5 Å². The number of aromatic nitrogens is 2. The van der Waals surface area contributed by atoms with Gasteiger partial charge in [0.25, 0.3) is 0 Å². The van der Waals surface area contributed by atoms with Crippen molar-refractivity contribution >= 4 is 21.2 Å². The van der Waals surface area contributed by atoms with E-state index in [0.29, 0.717) is 13.0 Å². The number of fused-ring (bicyclic) bond motifs is 1. The highest BCUT2D eigenvalue weighted by atomic mass is 32.2. The summed E-state index contributed by atoms with van der Waals surface area (Å²) in [5, 5.41) is 0. The molecule has 0 unspecified atom stereocenters. The summed E-state index contributed by atoms with van der Waals surface area (Å²) in [6, 6.07) is 8.04. The SMILES string of the molecule is CCCCn1c[n+](CCCS(=O)(=O)[O-])c2ccccc21. The minimum Gasteiger partial charge on any atom is -0.748 e. The number of rotatable bonds is 7. The predicted molar refractivity (Wildman–Crippen MR) is 76.2 cm³/mol. The van der Waals surface area contributed by atoms with E-state index >= 15 is 0 Å². The van der Waals surface area contributed by atoms with Crippen LogP contribution in [0.15, 0.2) is 30.6 Å². The number of aryl methyl sites for hydroxylation is 2. The molecule has 0 bridgehead atoms. The van der Waals surface area contributed by atoms with Gasteiger partial charge in [-0.15, -0.1) is 0 Å². The second-order valence-corrected chi connectivity index (χ2v) is 6.48. The third-order valence-corrected chi connectivity index (χ3v) is 4.11. The molecule has 0 N–H and O–H groups in total. The summed E-state index contributed by atoms with van der Waals surface area (Å²) in [7, 11) is -4.13. The third-order valence-electron chi connectivity index (χ3n) is 3.33. The summed E-state index contributed by atoms with van der Waals surface area (Å²) in [5.41, 5.74) is 2.22. The van der Waals surface area contributed by atoms with Crippen molar-refractivity contribution in [2.75, 3.05) is 5.75 Å². The molecule has 20 heavy (non-hydrogen) atoms. The van der Waals surface area contributed by atoms with Crippen LogP contribution in [0.25, 0.3) is 11.0 Å². The van der Waals surface area contributed by atoms with Crippen LogP contribution < -0.4 is 4.57 Å². The van der Waals surface area contributed by atoms with Crippen LogP contribution >= 0.6 is 0 Å². The van der Waals surface area contributed by atoms with Crippen LogP contribution in [-0.4, -0.2) is 23.3 Å². The highest BCUT2D eigenvalue weighted by Gasteiger charge is 2.14. The normalized spacial score (nSPS) is 12.1. The fourth-order valence-electron chi connectivity index (χ4n) is 2.34. The first kappa shape index (κ1) is 15.0. The zero-order valence-electron chi connectivity index (χ0n) is 11.7. The van der Waals surface area contributed by atoms with Gasteiger partial charge in [0.2, 0.25) is 6.33 Å². The van der Waals surface area contributed by atoms with Gasteiger partial charge < -0.3 is 4.55 Å². The number of nitrogens with zero attached hydrogens (tertiary/aromatic N) is 2. The smallest absolute Gasteiger partial charge is 0.244 e. The lowest BCUT2D eigenvalue weighted by Gasteiger charge is -2.04. The Bertz CT molecular complexity index is 677. The van der Waals surface area contributed by atoms with Crippen molar-refractivity contribution in [1.82, 2.24) is 4.57 Å². The summed E-state index contributed by atoms with van der Waals surface area (Å²) in [4.78, 5) is 0. The molecule has 0 spiro atoms. The Hall–Kier alpha value is -1.40. The van der Waals surface area contributed by atoms with E-state index in [1.165, 1.54) is 0 Å². The molecule has 0 atom stereocenters. The van der Waals surface area contributed by atoms with Gasteiger partial charge in [-0.25, -0.2) is 17.6 Å².